The number of carbonyl (C=O) groups excluding carboxylic acids is 1. The van der Waals surface area contributed by atoms with Crippen LogP contribution in [-0.4, -0.2) is 63.3 Å². The number of rotatable bonds is 4. The second-order valence-corrected chi connectivity index (χ2v) is 5.65. The van der Waals surface area contributed by atoms with E-state index in [-0.39, 0.29) is 24.6 Å². The highest BCUT2D eigenvalue weighted by Gasteiger charge is 2.38. The van der Waals surface area contributed by atoms with E-state index >= 15 is 0 Å². The summed E-state index contributed by atoms with van der Waals surface area (Å²) in [5.74, 6) is -0.101. The van der Waals surface area contributed by atoms with Crippen LogP contribution in [0.3, 0.4) is 0 Å². The van der Waals surface area contributed by atoms with Gasteiger partial charge in [-0.3, -0.25) is 4.79 Å². The van der Waals surface area contributed by atoms with E-state index in [9.17, 15) is 9.90 Å². The number of aliphatic hydroxyl groups is 1. The Balaban J connectivity index is 1.72. The molecule has 3 rings (SSSR count). The standard InChI is InChI=1S/C15H20N4O3/c1-18(12-7-8-13(22-2)15(12)21)14(20)9-19-11-6-4-3-5-10(11)16-17-19/h3-6,12-13,15,21H,7-9H2,1-2H3/t12-,13-,15-/m1/s1. The zero-order valence-electron chi connectivity index (χ0n) is 12.7. The van der Waals surface area contributed by atoms with Gasteiger partial charge in [0.15, 0.2) is 0 Å². The van der Waals surface area contributed by atoms with E-state index < -0.39 is 6.10 Å². The van der Waals surface area contributed by atoms with Crippen molar-refractivity contribution in [3.63, 3.8) is 0 Å². The molecule has 1 aromatic carbocycles. The maximum atomic E-state index is 12.5. The van der Waals surface area contributed by atoms with Gasteiger partial charge < -0.3 is 14.7 Å². The number of amides is 1. The highest BCUT2D eigenvalue weighted by molar-refractivity contribution is 5.79. The van der Waals surface area contributed by atoms with Crippen molar-refractivity contribution in [3.8, 4) is 0 Å². The molecule has 0 unspecified atom stereocenters. The van der Waals surface area contributed by atoms with Crippen LogP contribution in [-0.2, 0) is 16.1 Å². The molecule has 1 N–H and O–H groups in total. The Morgan fingerprint density at radius 3 is 2.95 bits per heavy atom. The molecule has 0 aliphatic heterocycles. The molecular formula is C15H20N4O3. The molecule has 1 amide bonds. The number of carbonyl (C=O) groups is 1. The number of nitrogens with zero attached hydrogens (tertiary/aromatic N) is 4. The second kappa shape index (κ2) is 6.02. The zero-order valence-corrected chi connectivity index (χ0v) is 12.7. The van der Waals surface area contributed by atoms with Crippen LogP contribution in [0.2, 0.25) is 0 Å². The van der Waals surface area contributed by atoms with Gasteiger partial charge in [-0.05, 0) is 25.0 Å². The molecule has 22 heavy (non-hydrogen) atoms. The number of aliphatic hydroxyl groups excluding tert-OH is 1. The van der Waals surface area contributed by atoms with Gasteiger partial charge >= 0.3 is 0 Å². The molecule has 0 bridgehead atoms. The Hall–Kier alpha value is -1.99. The van der Waals surface area contributed by atoms with Crippen LogP contribution in [0, 0.1) is 0 Å². The Morgan fingerprint density at radius 1 is 1.45 bits per heavy atom. The molecule has 1 aliphatic rings. The van der Waals surface area contributed by atoms with Gasteiger partial charge in [0.1, 0.15) is 18.2 Å². The molecule has 118 valence electrons. The number of para-hydroxylation sites is 1. The largest absolute Gasteiger partial charge is 0.388 e. The summed E-state index contributed by atoms with van der Waals surface area (Å²) in [6.07, 6.45) is 0.644. The second-order valence-electron chi connectivity index (χ2n) is 5.65. The minimum Gasteiger partial charge on any atom is -0.388 e. The molecule has 1 heterocycles. The van der Waals surface area contributed by atoms with Crippen molar-refractivity contribution in [2.45, 2.75) is 37.6 Å². The lowest BCUT2D eigenvalue weighted by atomic mass is 10.1. The smallest absolute Gasteiger partial charge is 0.244 e. The third-order valence-electron chi connectivity index (χ3n) is 4.42. The van der Waals surface area contributed by atoms with Crippen molar-refractivity contribution >= 4 is 16.9 Å². The van der Waals surface area contributed by atoms with E-state index in [4.69, 9.17) is 4.74 Å². The molecule has 0 radical (unpaired) electrons. The average Bonchev–Trinajstić information content (AvgIpc) is 3.10. The van der Waals surface area contributed by atoms with Crippen molar-refractivity contribution in [1.82, 2.24) is 19.9 Å². The molecule has 2 aromatic rings. The predicted molar refractivity (Wildman–Crippen MR) is 80.1 cm³/mol. The molecule has 7 nitrogen and oxygen atoms in total. The molecule has 1 fully saturated rings. The third kappa shape index (κ3) is 2.57. The van der Waals surface area contributed by atoms with Gasteiger partial charge in [-0.25, -0.2) is 4.68 Å². The fourth-order valence-electron chi connectivity index (χ4n) is 3.06. The van der Waals surface area contributed by atoms with Crippen molar-refractivity contribution in [1.29, 1.82) is 0 Å². The normalized spacial score (nSPS) is 24.8. The van der Waals surface area contributed by atoms with Gasteiger partial charge in [-0.2, -0.15) is 0 Å². The number of methoxy groups -OCH3 is 1. The molecule has 1 saturated carbocycles. The van der Waals surface area contributed by atoms with E-state index in [1.54, 1.807) is 23.7 Å². The monoisotopic (exact) mass is 304 g/mol. The first-order valence-electron chi connectivity index (χ1n) is 7.36. The summed E-state index contributed by atoms with van der Waals surface area (Å²) in [7, 11) is 3.30. The quantitative estimate of drug-likeness (QED) is 0.886. The molecule has 7 heteroatoms. The zero-order chi connectivity index (χ0) is 15.7. The topological polar surface area (TPSA) is 80.5 Å². The predicted octanol–water partition coefficient (Wildman–Crippen LogP) is 0.428. The fourth-order valence-corrected chi connectivity index (χ4v) is 3.06. The molecular weight excluding hydrogens is 284 g/mol. The summed E-state index contributed by atoms with van der Waals surface area (Å²) in [6.45, 7) is 0.109. The Morgan fingerprint density at radius 2 is 2.23 bits per heavy atom. The van der Waals surface area contributed by atoms with E-state index in [0.29, 0.717) is 0 Å². The SMILES string of the molecule is CO[C@@H]1CC[C@@H](N(C)C(=O)Cn2nnc3ccccc32)[C@H]1O. The van der Waals surface area contributed by atoms with Crippen LogP contribution in [0.25, 0.3) is 11.0 Å². The van der Waals surface area contributed by atoms with Crippen molar-refractivity contribution in [2.24, 2.45) is 0 Å². The number of fused-ring (bicyclic) bond motifs is 1. The summed E-state index contributed by atoms with van der Waals surface area (Å²) >= 11 is 0. The number of benzene rings is 1. The van der Waals surface area contributed by atoms with Gasteiger partial charge in [0.2, 0.25) is 5.91 Å². The summed E-state index contributed by atoms with van der Waals surface area (Å²) < 4.78 is 6.82. The first kappa shape index (κ1) is 14.9. The lowest BCUT2D eigenvalue weighted by Crippen LogP contribution is -2.45. The maximum Gasteiger partial charge on any atom is 0.244 e. The highest BCUT2D eigenvalue weighted by atomic mass is 16.5. The lowest BCUT2D eigenvalue weighted by Gasteiger charge is -2.28. The molecule has 1 aromatic heterocycles. The van der Waals surface area contributed by atoms with Crippen LogP contribution >= 0.6 is 0 Å². The van der Waals surface area contributed by atoms with Crippen molar-refractivity contribution in [2.75, 3.05) is 14.2 Å². The van der Waals surface area contributed by atoms with Crippen LogP contribution < -0.4 is 0 Å². The fraction of sp³-hybridized carbons (Fsp3) is 0.533. The van der Waals surface area contributed by atoms with Crippen LogP contribution in [0.4, 0.5) is 0 Å². The number of likely N-dealkylation sites (N-methyl/N-ethyl adjacent to an activating group) is 1. The van der Waals surface area contributed by atoms with Gasteiger partial charge in [0.05, 0.1) is 17.7 Å². The van der Waals surface area contributed by atoms with Gasteiger partial charge in [0.25, 0.3) is 0 Å². The van der Waals surface area contributed by atoms with Crippen LogP contribution in [0.5, 0.6) is 0 Å². The number of ether oxygens (including phenoxy) is 1. The highest BCUT2D eigenvalue weighted by Crippen LogP contribution is 2.26. The van der Waals surface area contributed by atoms with Crippen molar-refractivity contribution < 1.29 is 14.6 Å². The lowest BCUT2D eigenvalue weighted by molar-refractivity contribution is -0.135. The van der Waals surface area contributed by atoms with Crippen LogP contribution in [0.1, 0.15) is 12.8 Å². The summed E-state index contributed by atoms with van der Waals surface area (Å²) in [5, 5.41) is 18.3. The minimum absolute atomic E-state index is 0.101. The van der Waals surface area contributed by atoms with E-state index in [0.717, 1.165) is 23.9 Å². The number of hydrogen-bond acceptors (Lipinski definition) is 5. The van der Waals surface area contributed by atoms with E-state index in [2.05, 4.69) is 10.3 Å². The first-order chi connectivity index (χ1) is 10.6. The summed E-state index contributed by atoms with van der Waals surface area (Å²) in [5.41, 5.74) is 1.59. The average molecular weight is 304 g/mol. The third-order valence-corrected chi connectivity index (χ3v) is 4.42. The van der Waals surface area contributed by atoms with Gasteiger partial charge in [-0.15, -0.1) is 5.10 Å². The van der Waals surface area contributed by atoms with Crippen molar-refractivity contribution in [3.05, 3.63) is 24.3 Å². The Labute approximate surface area is 128 Å². The maximum absolute atomic E-state index is 12.5. The molecule has 0 saturated heterocycles. The number of aromatic nitrogens is 3. The van der Waals surface area contributed by atoms with Crippen LogP contribution in [0.15, 0.2) is 24.3 Å². The summed E-state index contributed by atoms with van der Waals surface area (Å²) in [6, 6.07) is 7.30. The first-order valence-corrected chi connectivity index (χ1v) is 7.36. The molecule has 0 spiro atoms. The van der Waals surface area contributed by atoms with E-state index in [1.165, 1.54) is 0 Å². The number of hydrogen-bond donors (Lipinski definition) is 1. The van der Waals surface area contributed by atoms with Gasteiger partial charge in [0, 0.05) is 14.2 Å². The van der Waals surface area contributed by atoms with E-state index in [1.807, 2.05) is 24.3 Å². The van der Waals surface area contributed by atoms with Gasteiger partial charge in [-0.1, -0.05) is 17.3 Å². The minimum atomic E-state index is -0.647. The Bertz CT molecular complexity index is 672. The molecule has 3 atom stereocenters. The Kier molecular flexibility index (Phi) is 4.08. The summed E-state index contributed by atoms with van der Waals surface area (Å²) in [4.78, 5) is 14.1. The molecule has 1 aliphatic carbocycles.